The van der Waals surface area contributed by atoms with Gasteiger partial charge in [-0.05, 0) is 37.0 Å². The van der Waals surface area contributed by atoms with Crippen molar-refractivity contribution in [1.82, 2.24) is 9.80 Å². The zero-order valence-corrected chi connectivity index (χ0v) is 17.2. The van der Waals surface area contributed by atoms with Crippen molar-refractivity contribution in [1.29, 1.82) is 0 Å². The summed E-state index contributed by atoms with van der Waals surface area (Å²) in [6, 6.07) is 3.35. The molecule has 2 fully saturated rings. The van der Waals surface area contributed by atoms with Crippen molar-refractivity contribution in [3.05, 3.63) is 22.2 Å². The third kappa shape index (κ3) is 4.31. The average Bonchev–Trinajstić information content (AvgIpc) is 3.05. The van der Waals surface area contributed by atoms with Crippen molar-refractivity contribution in [2.75, 3.05) is 26.7 Å². The Morgan fingerprint density at radius 2 is 2.07 bits per heavy atom. The van der Waals surface area contributed by atoms with Crippen molar-refractivity contribution in [2.45, 2.75) is 44.8 Å². The molecule has 0 aliphatic carbocycles. The van der Waals surface area contributed by atoms with Gasteiger partial charge in [0.2, 0.25) is 5.91 Å². The first-order valence-corrected chi connectivity index (χ1v) is 10.0. The summed E-state index contributed by atoms with van der Waals surface area (Å²) in [6.45, 7) is 3.90. The molecule has 0 radical (unpaired) electrons. The fourth-order valence-electron chi connectivity index (χ4n) is 3.64. The molecule has 1 aromatic carbocycles. The predicted molar refractivity (Wildman–Crippen MR) is 103 cm³/mol. The summed E-state index contributed by atoms with van der Waals surface area (Å²) in [4.78, 5) is 28.4. The predicted octanol–water partition coefficient (Wildman–Crippen LogP) is 2.93. The van der Waals surface area contributed by atoms with E-state index < -0.39 is 0 Å². The van der Waals surface area contributed by atoms with Crippen LogP contribution in [0.2, 0.25) is 0 Å². The number of hydrogen-bond donors (Lipinski definition) is 1. The molecule has 8 heteroatoms. The smallest absolute Gasteiger partial charge is 0.410 e. The maximum atomic E-state index is 12.7. The van der Waals surface area contributed by atoms with Gasteiger partial charge in [0.05, 0.1) is 20.1 Å². The maximum absolute atomic E-state index is 12.7. The van der Waals surface area contributed by atoms with Gasteiger partial charge in [0, 0.05) is 23.6 Å². The highest BCUT2D eigenvalue weighted by atomic mass is 79.9. The molecule has 0 bridgehead atoms. The maximum Gasteiger partial charge on any atom is 0.410 e. The number of benzene rings is 1. The molecular weight excluding hydrogens is 416 g/mol. The molecule has 148 valence electrons. The molecule has 0 saturated carbocycles. The topological polar surface area (TPSA) is 79.3 Å². The van der Waals surface area contributed by atoms with Crippen LogP contribution in [0.5, 0.6) is 11.5 Å². The van der Waals surface area contributed by atoms with Gasteiger partial charge in [-0.1, -0.05) is 22.9 Å². The van der Waals surface area contributed by atoms with Crippen LogP contribution in [0.4, 0.5) is 4.79 Å². The van der Waals surface area contributed by atoms with Crippen molar-refractivity contribution < 1.29 is 24.2 Å². The van der Waals surface area contributed by atoms with Gasteiger partial charge in [0.1, 0.15) is 6.10 Å². The first-order chi connectivity index (χ1) is 12.9. The number of carbonyl (C=O) groups excluding carboxylic acids is 2. The number of methoxy groups -OCH3 is 1. The number of rotatable bonds is 5. The largest absolute Gasteiger partial charge is 0.504 e. The minimum absolute atomic E-state index is 0.0148. The van der Waals surface area contributed by atoms with E-state index in [0.29, 0.717) is 29.9 Å². The summed E-state index contributed by atoms with van der Waals surface area (Å²) in [5.41, 5.74) is 0.769. The summed E-state index contributed by atoms with van der Waals surface area (Å²) in [7, 11) is 1.48. The van der Waals surface area contributed by atoms with Crippen molar-refractivity contribution in [3.63, 3.8) is 0 Å². The zero-order valence-electron chi connectivity index (χ0n) is 15.6. The Bertz CT molecular complexity index is 718. The lowest BCUT2D eigenvalue weighted by Crippen LogP contribution is -2.47. The third-order valence-electron chi connectivity index (χ3n) is 5.31. The minimum Gasteiger partial charge on any atom is -0.504 e. The number of ether oxygens (including phenoxy) is 2. The summed E-state index contributed by atoms with van der Waals surface area (Å²) in [6.07, 6.45) is 2.33. The zero-order chi connectivity index (χ0) is 19.6. The van der Waals surface area contributed by atoms with Crippen molar-refractivity contribution in [2.24, 2.45) is 0 Å². The molecule has 1 atom stereocenters. The van der Waals surface area contributed by atoms with Gasteiger partial charge in [-0.2, -0.15) is 0 Å². The first kappa shape index (κ1) is 19.8. The van der Waals surface area contributed by atoms with Gasteiger partial charge < -0.3 is 24.4 Å². The molecule has 2 heterocycles. The Morgan fingerprint density at radius 1 is 1.37 bits per heavy atom. The Balaban J connectivity index is 1.57. The molecule has 0 aromatic heterocycles. The summed E-state index contributed by atoms with van der Waals surface area (Å²) >= 11 is 3.39. The number of cyclic esters (lactones) is 1. The number of carbonyl (C=O) groups is 2. The van der Waals surface area contributed by atoms with E-state index in [1.807, 2.05) is 16.7 Å². The molecule has 0 spiro atoms. The fourth-order valence-corrected chi connectivity index (χ4v) is 4.11. The van der Waals surface area contributed by atoms with Crippen LogP contribution >= 0.6 is 15.9 Å². The second-order valence-electron chi connectivity index (χ2n) is 6.97. The molecule has 1 unspecified atom stereocenters. The van der Waals surface area contributed by atoms with E-state index in [1.165, 1.54) is 13.2 Å². The van der Waals surface area contributed by atoms with Crippen LogP contribution in [0.15, 0.2) is 16.6 Å². The Kier molecular flexibility index (Phi) is 6.14. The quantitative estimate of drug-likeness (QED) is 0.761. The second kappa shape index (κ2) is 8.37. The number of likely N-dealkylation sites (tertiary alicyclic amines) is 1. The van der Waals surface area contributed by atoms with Crippen LogP contribution in [-0.4, -0.2) is 65.8 Å². The lowest BCUT2D eigenvalue weighted by Gasteiger charge is -2.35. The standard InChI is InChI=1S/C19H25BrN2O5/c1-3-14-11-22(19(25)27-14)13-4-6-21(7-5-13)18(24)9-12-8-17(26-2)16(23)10-15(12)20/h8,10,13-14,23H,3-7,9,11H2,1-2H3. The van der Waals surface area contributed by atoms with E-state index in [2.05, 4.69) is 15.9 Å². The van der Waals surface area contributed by atoms with Gasteiger partial charge in [-0.15, -0.1) is 0 Å². The number of nitrogens with zero attached hydrogens (tertiary/aromatic N) is 2. The molecule has 1 aromatic rings. The van der Waals surface area contributed by atoms with E-state index in [9.17, 15) is 14.7 Å². The lowest BCUT2D eigenvalue weighted by atomic mass is 10.0. The summed E-state index contributed by atoms with van der Waals surface area (Å²) in [5, 5.41) is 9.80. The van der Waals surface area contributed by atoms with E-state index >= 15 is 0 Å². The molecule has 2 amide bonds. The van der Waals surface area contributed by atoms with Crippen LogP contribution in [0, 0.1) is 0 Å². The Labute approximate surface area is 167 Å². The van der Waals surface area contributed by atoms with Crippen LogP contribution < -0.4 is 4.74 Å². The van der Waals surface area contributed by atoms with E-state index in [-0.39, 0.29) is 36.3 Å². The number of halogens is 1. The van der Waals surface area contributed by atoms with Gasteiger partial charge in [-0.3, -0.25) is 4.79 Å². The number of phenols is 1. The molecule has 27 heavy (non-hydrogen) atoms. The number of piperidine rings is 1. The van der Waals surface area contributed by atoms with Crippen LogP contribution in [0.25, 0.3) is 0 Å². The second-order valence-corrected chi connectivity index (χ2v) is 7.82. The highest BCUT2D eigenvalue weighted by Crippen LogP contribution is 2.33. The van der Waals surface area contributed by atoms with Gasteiger partial charge in [0.25, 0.3) is 0 Å². The van der Waals surface area contributed by atoms with Gasteiger partial charge in [-0.25, -0.2) is 4.79 Å². The van der Waals surface area contributed by atoms with Crippen LogP contribution in [-0.2, 0) is 16.0 Å². The summed E-state index contributed by atoms with van der Waals surface area (Å²) < 4.78 is 11.1. The lowest BCUT2D eigenvalue weighted by molar-refractivity contribution is -0.131. The first-order valence-electron chi connectivity index (χ1n) is 9.23. The number of phenolic OH excluding ortho intramolecular Hbond substituents is 1. The third-order valence-corrected chi connectivity index (χ3v) is 6.04. The number of amides is 2. The molecule has 2 aliphatic rings. The Morgan fingerprint density at radius 3 is 2.67 bits per heavy atom. The molecule has 2 aliphatic heterocycles. The monoisotopic (exact) mass is 440 g/mol. The fraction of sp³-hybridized carbons (Fsp3) is 0.579. The van der Waals surface area contributed by atoms with Crippen molar-refractivity contribution >= 4 is 27.9 Å². The SMILES string of the molecule is CCC1CN(C2CCN(C(=O)Cc3cc(OC)c(O)cc3Br)CC2)C(=O)O1. The molecule has 1 N–H and O–H groups in total. The highest BCUT2D eigenvalue weighted by Gasteiger charge is 2.37. The van der Waals surface area contributed by atoms with E-state index in [4.69, 9.17) is 9.47 Å². The van der Waals surface area contributed by atoms with E-state index in [0.717, 1.165) is 24.8 Å². The molecular formula is C19H25BrN2O5. The molecule has 2 saturated heterocycles. The molecule has 3 rings (SSSR count). The average molecular weight is 441 g/mol. The normalized spacial score (nSPS) is 20.7. The number of aromatic hydroxyl groups is 1. The number of hydrogen-bond acceptors (Lipinski definition) is 5. The van der Waals surface area contributed by atoms with Gasteiger partial charge >= 0.3 is 6.09 Å². The van der Waals surface area contributed by atoms with Crippen molar-refractivity contribution in [3.8, 4) is 11.5 Å². The van der Waals surface area contributed by atoms with E-state index in [1.54, 1.807) is 6.07 Å². The van der Waals surface area contributed by atoms with Crippen LogP contribution in [0.3, 0.4) is 0 Å². The summed E-state index contributed by atoms with van der Waals surface area (Å²) in [5.74, 6) is 0.402. The molecule has 7 nitrogen and oxygen atoms in total. The Hall–Kier alpha value is -1.96. The minimum atomic E-state index is -0.230. The van der Waals surface area contributed by atoms with Crippen LogP contribution in [0.1, 0.15) is 31.7 Å². The van der Waals surface area contributed by atoms with Gasteiger partial charge in [0.15, 0.2) is 11.5 Å². The highest BCUT2D eigenvalue weighted by molar-refractivity contribution is 9.10.